The van der Waals surface area contributed by atoms with Crippen molar-refractivity contribution in [2.45, 2.75) is 25.2 Å². The predicted octanol–water partition coefficient (Wildman–Crippen LogP) is 3.70. The minimum absolute atomic E-state index is 0.705. The molecule has 1 nitrogen and oxygen atoms in total. The number of hydrogen-bond donors (Lipinski definition) is 1. The molecule has 1 aromatic carbocycles. The van der Waals surface area contributed by atoms with Crippen molar-refractivity contribution >= 4 is 27.7 Å². The van der Waals surface area contributed by atoms with Crippen molar-refractivity contribution < 1.29 is 0 Å². The minimum Gasteiger partial charge on any atom is -0.330 e. The van der Waals surface area contributed by atoms with Gasteiger partial charge in [0.05, 0.1) is 0 Å². The van der Waals surface area contributed by atoms with Crippen molar-refractivity contribution in [3.05, 3.63) is 28.2 Å². The summed E-state index contributed by atoms with van der Waals surface area (Å²) in [5.74, 6) is 1.90. The third-order valence-corrected chi connectivity index (χ3v) is 4.18. The van der Waals surface area contributed by atoms with E-state index in [9.17, 15) is 0 Å². The van der Waals surface area contributed by atoms with Crippen LogP contribution in [0.3, 0.4) is 0 Å². The average Bonchev–Trinajstić information content (AvgIpc) is 2.19. The Kier molecular flexibility index (Phi) is 5.72. The molecule has 0 saturated carbocycles. The molecule has 0 aromatic heterocycles. The van der Waals surface area contributed by atoms with Gasteiger partial charge in [0.2, 0.25) is 0 Å². The van der Waals surface area contributed by atoms with Crippen molar-refractivity contribution in [2.75, 3.05) is 12.3 Å². The molecule has 1 rings (SSSR count). The molecule has 0 amide bonds. The van der Waals surface area contributed by atoms with E-state index in [0.29, 0.717) is 6.54 Å². The summed E-state index contributed by atoms with van der Waals surface area (Å²) in [6.45, 7) is 5.19. The quantitative estimate of drug-likeness (QED) is 0.836. The summed E-state index contributed by atoms with van der Waals surface area (Å²) < 4.78 is 1.18. The first-order chi connectivity index (χ1) is 7.13. The molecule has 0 bridgehead atoms. The van der Waals surface area contributed by atoms with E-state index in [1.807, 2.05) is 11.8 Å². The maximum Gasteiger partial charge on any atom is 0.0218 e. The zero-order chi connectivity index (χ0) is 11.3. The molecular weight excluding hydrogens is 270 g/mol. The molecule has 15 heavy (non-hydrogen) atoms. The van der Waals surface area contributed by atoms with Gasteiger partial charge in [0.15, 0.2) is 0 Å². The summed E-state index contributed by atoms with van der Waals surface area (Å²) >= 11 is 5.49. The van der Waals surface area contributed by atoms with Crippen LogP contribution < -0.4 is 5.73 Å². The van der Waals surface area contributed by atoms with Crippen molar-refractivity contribution in [1.29, 1.82) is 0 Å². The van der Waals surface area contributed by atoms with Gasteiger partial charge in [-0.25, -0.2) is 0 Å². The standard InChI is InChI=1S/C12H18BrNS/c1-9(2)8-15-11-4-3-10(5-6-14)12(13)7-11/h3-4,7,9H,5-6,8,14H2,1-2H3. The summed E-state index contributed by atoms with van der Waals surface area (Å²) in [5.41, 5.74) is 6.84. The zero-order valence-corrected chi connectivity index (χ0v) is 11.7. The Bertz CT molecular complexity index is 312. The smallest absolute Gasteiger partial charge is 0.0218 e. The molecule has 0 aliphatic heterocycles. The van der Waals surface area contributed by atoms with Gasteiger partial charge < -0.3 is 5.73 Å². The van der Waals surface area contributed by atoms with Crippen molar-refractivity contribution in [1.82, 2.24) is 0 Å². The lowest BCUT2D eigenvalue weighted by Gasteiger charge is -2.07. The van der Waals surface area contributed by atoms with Crippen LogP contribution >= 0.6 is 27.7 Å². The van der Waals surface area contributed by atoms with Gasteiger partial charge in [-0.1, -0.05) is 35.8 Å². The van der Waals surface area contributed by atoms with Crippen LogP contribution in [0, 0.1) is 5.92 Å². The third-order valence-electron chi connectivity index (χ3n) is 2.02. The molecule has 0 heterocycles. The van der Waals surface area contributed by atoms with Crippen molar-refractivity contribution in [2.24, 2.45) is 11.7 Å². The fourth-order valence-corrected chi connectivity index (χ4v) is 2.86. The Labute approximate surface area is 105 Å². The van der Waals surface area contributed by atoms with Crippen molar-refractivity contribution in [3.63, 3.8) is 0 Å². The predicted molar refractivity (Wildman–Crippen MR) is 72.5 cm³/mol. The summed E-state index contributed by atoms with van der Waals surface area (Å²) in [5, 5.41) is 0. The summed E-state index contributed by atoms with van der Waals surface area (Å²) in [6, 6.07) is 6.54. The monoisotopic (exact) mass is 287 g/mol. The van der Waals surface area contributed by atoms with Gasteiger partial charge in [0.1, 0.15) is 0 Å². The van der Waals surface area contributed by atoms with Gasteiger partial charge in [-0.15, -0.1) is 11.8 Å². The second-order valence-electron chi connectivity index (χ2n) is 4.00. The second-order valence-corrected chi connectivity index (χ2v) is 5.94. The third kappa shape index (κ3) is 4.58. The molecule has 0 saturated heterocycles. The van der Waals surface area contributed by atoms with Gasteiger partial charge in [0.25, 0.3) is 0 Å². The highest BCUT2D eigenvalue weighted by molar-refractivity contribution is 9.10. The lowest BCUT2D eigenvalue weighted by molar-refractivity contribution is 0.750. The fourth-order valence-electron chi connectivity index (χ4n) is 1.24. The summed E-state index contributed by atoms with van der Waals surface area (Å²) in [7, 11) is 0. The maximum absolute atomic E-state index is 5.54. The van der Waals surface area contributed by atoms with Crippen LogP contribution in [-0.4, -0.2) is 12.3 Å². The van der Waals surface area contributed by atoms with Gasteiger partial charge >= 0.3 is 0 Å². The van der Waals surface area contributed by atoms with E-state index >= 15 is 0 Å². The number of benzene rings is 1. The topological polar surface area (TPSA) is 26.0 Å². The van der Waals surface area contributed by atoms with Crippen LogP contribution in [0.5, 0.6) is 0 Å². The number of hydrogen-bond acceptors (Lipinski definition) is 2. The first-order valence-corrected chi connectivity index (χ1v) is 7.02. The van der Waals surface area contributed by atoms with Gasteiger partial charge in [-0.2, -0.15) is 0 Å². The Morgan fingerprint density at radius 2 is 2.13 bits per heavy atom. The molecule has 3 heteroatoms. The number of rotatable bonds is 5. The van der Waals surface area contributed by atoms with Crippen molar-refractivity contribution in [3.8, 4) is 0 Å². The van der Waals surface area contributed by atoms with Crippen LogP contribution in [0.1, 0.15) is 19.4 Å². The molecule has 2 N–H and O–H groups in total. The normalized spacial score (nSPS) is 11.0. The first kappa shape index (κ1) is 13.1. The Morgan fingerprint density at radius 1 is 1.40 bits per heavy atom. The van der Waals surface area contributed by atoms with Crippen LogP contribution in [0.15, 0.2) is 27.6 Å². The van der Waals surface area contributed by atoms with E-state index < -0.39 is 0 Å². The minimum atomic E-state index is 0.705. The lowest BCUT2D eigenvalue weighted by Crippen LogP contribution is -2.03. The SMILES string of the molecule is CC(C)CSc1ccc(CCN)c(Br)c1. The molecule has 0 spiro atoms. The molecule has 84 valence electrons. The van der Waals surface area contributed by atoms with Crippen LogP contribution in [-0.2, 0) is 6.42 Å². The Balaban J connectivity index is 2.64. The second kappa shape index (κ2) is 6.56. The van der Waals surface area contributed by atoms with E-state index in [-0.39, 0.29) is 0 Å². The van der Waals surface area contributed by atoms with Crippen LogP contribution in [0.2, 0.25) is 0 Å². The van der Waals surface area contributed by atoms with Crippen LogP contribution in [0.25, 0.3) is 0 Å². The van der Waals surface area contributed by atoms with Gasteiger partial charge in [-0.05, 0) is 36.6 Å². The highest BCUT2D eigenvalue weighted by Crippen LogP contribution is 2.26. The van der Waals surface area contributed by atoms with Gasteiger partial charge in [0, 0.05) is 15.1 Å². The Morgan fingerprint density at radius 3 is 2.67 bits per heavy atom. The average molecular weight is 288 g/mol. The van der Waals surface area contributed by atoms with Gasteiger partial charge in [-0.3, -0.25) is 0 Å². The first-order valence-electron chi connectivity index (χ1n) is 5.24. The highest BCUT2D eigenvalue weighted by Gasteiger charge is 2.02. The van der Waals surface area contributed by atoms with Crippen LogP contribution in [0.4, 0.5) is 0 Å². The molecular formula is C12H18BrNS. The fraction of sp³-hybridized carbons (Fsp3) is 0.500. The summed E-state index contributed by atoms with van der Waals surface area (Å²) in [6.07, 6.45) is 0.940. The zero-order valence-electron chi connectivity index (χ0n) is 9.29. The van der Waals surface area contributed by atoms with E-state index in [0.717, 1.165) is 12.3 Å². The molecule has 0 aliphatic rings. The largest absolute Gasteiger partial charge is 0.330 e. The maximum atomic E-state index is 5.54. The summed E-state index contributed by atoms with van der Waals surface area (Å²) in [4.78, 5) is 1.33. The molecule has 0 radical (unpaired) electrons. The molecule has 0 aliphatic carbocycles. The van der Waals surface area contributed by atoms with E-state index in [4.69, 9.17) is 5.73 Å². The molecule has 0 fully saturated rings. The molecule has 1 aromatic rings. The number of halogens is 1. The van der Waals surface area contributed by atoms with E-state index in [1.165, 1.54) is 20.7 Å². The lowest BCUT2D eigenvalue weighted by atomic mass is 10.1. The number of nitrogens with two attached hydrogens (primary N) is 1. The van der Waals surface area contributed by atoms with E-state index in [2.05, 4.69) is 48.0 Å². The van der Waals surface area contributed by atoms with E-state index in [1.54, 1.807) is 0 Å². The molecule has 0 unspecified atom stereocenters. The Hall–Kier alpha value is 0.01000. The molecule has 0 atom stereocenters. The number of thioether (sulfide) groups is 1. The highest BCUT2D eigenvalue weighted by atomic mass is 79.9.